The van der Waals surface area contributed by atoms with Crippen molar-refractivity contribution in [1.29, 1.82) is 5.26 Å². The quantitative estimate of drug-likeness (QED) is 0.754. The van der Waals surface area contributed by atoms with Gasteiger partial charge in [-0.05, 0) is 20.3 Å². The summed E-state index contributed by atoms with van der Waals surface area (Å²) in [6, 6.07) is 1.89. The van der Waals surface area contributed by atoms with E-state index in [0.717, 1.165) is 30.6 Å². The predicted octanol–water partition coefficient (Wildman–Crippen LogP) is -0.133. The second-order valence-electron chi connectivity index (χ2n) is 6.34. The highest BCUT2D eigenvalue weighted by Gasteiger charge is 2.21. The second-order valence-corrected chi connectivity index (χ2v) is 6.34. The lowest BCUT2D eigenvalue weighted by Crippen LogP contribution is -2.46. The summed E-state index contributed by atoms with van der Waals surface area (Å²) in [6.07, 6.45) is 1.29. The normalized spacial score (nSPS) is 21.5. The third-order valence-electron chi connectivity index (χ3n) is 4.22. The van der Waals surface area contributed by atoms with Gasteiger partial charge in [-0.25, -0.2) is 4.79 Å². The minimum absolute atomic E-state index is 0.0341. The van der Waals surface area contributed by atoms with Crippen molar-refractivity contribution in [3.63, 3.8) is 0 Å². The van der Waals surface area contributed by atoms with Crippen LogP contribution in [0.5, 0.6) is 0 Å². The van der Waals surface area contributed by atoms with Crippen LogP contribution in [0, 0.1) is 11.3 Å². The molecule has 0 aromatic carbocycles. The number of aromatic nitrogens is 2. The fourth-order valence-electron chi connectivity index (χ4n) is 3.13. The molecule has 0 aliphatic carbocycles. The average Bonchev–Trinajstić information content (AvgIpc) is 2.53. The highest BCUT2D eigenvalue weighted by atomic mass is 16.5. The van der Waals surface area contributed by atoms with Crippen LogP contribution in [0.3, 0.4) is 0 Å². The number of nitrogens with zero attached hydrogens (tertiary/aromatic N) is 4. The highest BCUT2D eigenvalue weighted by molar-refractivity contribution is 5.51. The molecule has 0 amide bonds. The van der Waals surface area contributed by atoms with Crippen LogP contribution >= 0.6 is 0 Å². The van der Waals surface area contributed by atoms with Crippen molar-refractivity contribution >= 4 is 5.82 Å². The molecule has 1 aliphatic rings. The molecule has 0 unspecified atom stereocenters. The third kappa shape index (κ3) is 3.86. The number of nitriles is 1. The molecule has 1 fully saturated rings. The smallest absolute Gasteiger partial charge is 0.332 e. The molecule has 8 heteroatoms. The van der Waals surface area contributed by atoms with Gasteiger partial charge in [0.25, 0.3) is 5.56 Å². The molecule has 2 atom stereocenters. The van der Waals surface area contributed by atoms with Gasteiger partial charge in [-0.3, -0.25) is 18.8 Å². The van der Waals surface area contributed by atoms with Gasteiger partial charge in [0.1, 0.15) is 11.9 Å². The van der Waals surface area contributed by atoms with E-state index in [-0.39, 0.29) is 23.6 Å². The first-order chi connectivity index (χ1) is 11.3. The molecule has 1 aromatic rings. The Morgan fingerprint density at radius 2 is 1.83 bits per heavy atom. The maximum atomic E-state index is 12.0. The van der Waals surface area contributed by atoms with E-state index in [2.05, 4.69) is 24.1 Å². The molecule has 8 nitrogen and oxygen atoms in total. The number of ether oxygens (including phenoxy) is 1. The van der Waals surface area contributed by atoms with Crippen LogP contribution in [-0.4, -0.2) is 52.4 Å². The lowest BCUT2D eigenvalue weighted by atomic mass is 10.2. The van der Waals surface area contributed by atoms with E-state index in [9.17, 15) is 14.9 Å². The molecule has 132 valence electrons. The molecule has 24 heavy (non-hydrogen) atoms. The van der Waals surface area contributed by atoms with Crippen molar-refractivity contribution < 1.29 is 4.74 Å². The molecule has 1 aliphatic heterocycles. The summed E-state index contributed by atoms with van der Waals surface area (Å²) in [5, 5.41) is 12.3. The van der Waals surface area contributed by atoms with Gasteiger partial charge in [0, 0.05) is 40.3 Å². The summed E-state index contributed by atoms with van der Waals surface area (Å²) in [5.41, 5.74) is -1.05. The third-order valence-corrected chi connectivity index (χ3v) is 4.22. The fourth-order valence-corrected chi connectivity index (χ4v) is 3.13. The lowest BCUT2D eigenvalue weighted by Gasteiger charge is -2.35. The second kappa shape index (κ2) is 7.64. The Morgan fingerprint density at radius 1 is 1.21 bits per heavy atom. The van der Waals surface area contributed by atoms with E-state index < -0.39 is 11.2 Å². The fraction of sp³-hybridized carbons (Fsp3) is 0.688. The maximum Gasteiger partial charge on any atom is 0.332 e. The summed E-state index contributed by atoms with van der Waals surface area (Å²) in [4.78, 5) is 26.3. The van der Waals surface area contributed by atoms with Crippen LogP contribution in [0.4, 0.5) is 5.82 Å². The molecule has 1 aromatic heterocycles. The topological polar surface area (TPSA) is 92.3 Å². The number of morpholine rings is 1. The molecule has 1 N–H and O–H groups in total. The van der Waals surface area contributed by atoms with E-state index in [1.165, 1.54) is 11.6 Å². The number of rotatable bonds is 5. The van der Waals surface area contributed by atoms with E-state index in [1.54, 1.807) is 7.05 Å². The van der Waals surface area contributed by atoms with Gasteiger partial charge in [0.15, 0.2) is 5.56 Å². The van der Waals surface area contributed by atoms with Crippen LogP contribution < -0.4 is 16.6 Å². The zero-order chi connectivity index (χ0) is 17.9. The van der Waals surface area contributed by atoms with Crippen molar-refractivity contribution in [3.8, 4) is 6.07 Å². The number of anilines is 1. The summed E-state index contributed by atoms with van der Waals surface area (Å²) >= 11 is 0. The summed E-state index contributed by atoms with van der Waals surface area (Å²) in [6.45, 7) is 7.41. The molecule has 2 heterocycles. The highest BCUT2D eigenvalue weighted by Crippen LogP contribution is 2.11. The van der Waals surface area contributed by atoms with Crippen molar-refractivity contribution in [3.05, 3.63) is 26.4 Å². The van der Waals surface area contributed by atoms with Crippen molar-refractivity contribution in [2.45, 2.75) is 32.5 Å². The minimum atomic E-state index is -0.570. The first-order valence-corrected chi connectivity index (χ1v) is 8.17. The van der Waals surface area contributed by atoms with Gasteiger partial charge in [-0.1, -0.05) is 0 Å². The standard InChI is InChI=1S/C16H25N5O3/c1-11-9-21(10-12(2)24-11)7-5-6-18-14-13(8-17)15(22)20(4)16(23)19(14)3/h11-12,18H,5-7,9-10H2,1-4H3/t11-,12-/m1/s1. The van der Waals surface area contributed by atoms with Gasteiger partial charge in [0.2, 0.25) is 0 Å². The Bertz CT molecular complexity index is 736. The molecule has 2 rings (SSSR count). The Kier molecular flexibility index (Phi) is 5.80. The molecule has 0 spiro atoms. The Morgan fingerprint density at radius 3 is 2.42 bits per heavy atom. The minimum Gasteiger partial charge on any atom is -0.373 e. The van der Waals surface area contributed by atoms with E-state index >= 15 is 0 Å². The van der Waals surface area contributed by atoms with E-state index in [4.69, 9.17) is 4.74 Å². The summed E-state index contributed by atoms with van der Waals surface area (Å²) < 4.78 is 7.96. The summed E-state index contributed by atoms with van der Waals surface area (Å²) in [5.74, 6) is 0.286. The molecular weight excluding hydrogens is 310 g/mol. The molecule has 0 bridgehead atoms. The first-order valence-electron chi connectivity index (χ1n) is 8.17. The van der Waals surface area contributed by atoms with Crippen LogP contribution in [0.15, 0.2) is 9.59 Å². The zero-order valence-electron chi connectivity index (χ0n) is 14.7. The van der Waals surface area contributed by atoms with Crippen LogP contribution in [0.25, 0.3) is 0 Å². The molecule has 0 radical (unpaired) electrons. The van der Waals surface area contributed by atoms with E-state index in [0.29, 0.717) is 6.54 Å². The van der Waals surface area contributed by atoms with Gasteiger partial charge >= 0.3 is 5.69 Å². The monoisotopic (exact) mass is 335 g/mol. The average molecular weight is 335 g/mol. The number of nitrogens with one attached hydrogen (secondary N) is 1. The van der Waals surface area contributed by atoms with Gasteiger partial charge in [-0.15, -0.1) is 0 Å². The largest absolute Gasteiger partial charge is 0.373 e. The Labute approximate surface area is 141 Å². The van der Waals surface area contributed by atoms with Gasteiger partial charge in [0.05, 0.1) is 12.2 Å². The zero-order valence-corrected chi connectivity index (χ0v) is 14.7. The Balaban J connectivity index is 1.99. The number of hydrogen-bond acceptors (Lipinski definition) is 6. The summed E-state index contributed by atoms with van der Waals surface area (Å²) in [7, 11) is 2.92. The van der Waals surface area contributed by atoms with Gasteiger partial charge in [-0.2, -0.15) is 5.26 Å². The maximum absolute atomic E-state index is 12.0. The molecular formula is C16H25N5O3. The van der Waals surface area contributed by atoms with Crippen LogP contribution in [0.2, 0.25) is 0 Å². The SMILES string of the molecule is C[C@@H]1CN(CCCNc2c(C#N)c(=O)n(C)c(=O)n2C)C[C@@H](C)O1. The lowest BCUT2D eigenvalue weighted by molar-refractivity contribution is -0.0678. The first kappa shape index (κ1) is 18.2. The van der Waals surface area contributed by atoms with Crippen molar-refractivity contribution in [2.75, 3.05) is 31.5 Å². The van der Waals surface area contributed by atoms with E-state index in [1.807, 2.05) is 6.07 Å². The van der Waals surface area contributed by atoms with Crippen LogP contribution in [-0.2, 0) is 18.8 Å². The van der Waals surface area contributed by atoms with Crippen LogP contribution in [0.1, 0.15) is 25.8 Å². The van der Waals surface area contributed by atoms with Crippen molar-refractivity contribution in [1.82, 2.24) is 14.0 Å². The molecule has 0 saturated carbocycles. The Hall–Kier alpha value is -2.11. The van der Waals surface area contributed by atoms with Crippen molar-refractivity contribution in [2.24, 2.45) is 14.1 Å². The van der Waals surface area contributed by atoms with Gasteiger partial charge < -0.3 is 10.1 Å². The predicted molar refractivity (Wildman–Crippen MR) is 91.2 cm³/mol. The molecule has 1 saturated heterocycles. The number of hydrogen-bond donors (Lipinski definition) is 1.